The maximum absolute atomic E-state index is 12.5. The highest BCUT2D eigenvalue weighted by Gasteiger charge is 2.17. The molecule has 1 aliphatic heterocycles. The Labute approximate surface area is 163 Å². The molecule has 1 saturated heterocycles. The Morgan fingerprint density at radius 1 is 1.00 bits per heavy atom. The highest BCUT2D eigenvalue weighted by Crippen LogP contribution is 2.21. The van der Waals surface area contributed by atoms with Crippen LogP contribution in [0.5, 0.6) is 0 Å². The quantitative estimate of drug-likeness (QED) is 0.713. The lowest BCUT2D eigenvalue weighted by Crippen LogP contribution is -2.35. The van der Waals surface area contributed by atoms with E-state index >= 15 is 0 Å². The second kappa shape index (κ2) is 8.31. The summed E-state index contributed by atoms with van der Waals surface area (Å²) >= 11 is 1.36. The molecular weight excluding hydrogens is 356 g/mol. The van der Waals surface area contributed by atoms with Gasteiger partial charge in [-0.25, -0.2) is 0 Å². The molecule has 3 aromatic rings. The zero-order valence-electron chi connectivity index (χ0n) is 15.1. The molecule has 0 aliphatic carbocycles. The second-order valence-corrected chi connectivity index (χ2v) is 7.44. The van der Waals surface area contributed by atoms with Crippen molar-refractivity contribution in [3.05, 3.63) is 65.7 Å². The van der Waals surface area contributed by atoms with Gasteiger partial charge in [0.25, 0.3) is 5.91 Å². The molecule has 1 fully saturated rings. The standard InChI is InChI=1S/C21H22N4OS/c26-20(25-13-5-2-6-14-25)18-11-9-16(10-12-18)15-22-21-23-19(24-27-21)17-7-3-1-4-8-17/h1,3-4,7-12H,2,5-6,13-15H2,(H,22,23,24). The van der Waals surface area contributed by atoms with Crippen molar-refractivity contribution < 1.29 is 4.79 Å². The summed E-state index contributed by atoms with van der Waals surface area (Å²) in [5.74, 6) is 0.886. The number of nitrogens with one attached hydrogen (secondary N) is 1. The minimum Gasteiger partial charge on any atom is -0.356 e. The Balaban J connectivity index is 1.35. The van der Waals surface area contributed by atoms with Crippen molar-refractivity contribution in [3.8, 4) is 11.4 Å². The normalized spacial score (nSPS) is 14.1. The van der Waals surface area contributed by atoms with Gasteiger partial charge in [0.2, 0.25) is 5.13 Å². The number of rotatable bonds is 5. The molecule has 1 amide bonds. The van der Waals surface area contributed by atoms with Crippen LogP contribution in [0.15, 0.2) is 54.6 Å². The molecule has 1 aliphatic rings. The van der Waals surface area contributed by atoms with E-state index in [9.17, 15) is 4.79 Å². The van der Waals surface area contributed by atoms with Crippen LogP contribution in [0.3, 0.4) is 0 Å². The molecule has 27 heavy (non-hydrogen) atoms. The van der Waals surface area contributed by atoms with Crippen LogP contribution in [-0.4, -0.2) is 33.3 Å². The number of piperidine rings is 1. The number of benzene rings is 2. The smallest absolute Gasteiger partial charge is 0.253 e. The summed E-state index contributed by atoms with van der Waals surface area (Å²) in [6, 6.07) is 17.8. The van der Waals surface area contributed by atoms with Gasteiger partial charge in [0.1, 0.15) is 0 Å². The molecule has 0 radical (unpaired) electrons. The predicted molar refractivity (Wildman–Crippen MR) is 109 cm³/mol. The van der Waals surface area contributed by atoms with Gasteiger partial charge >= 0.3 is 0 Å². The minimum absolute atomic E-state index is 0.144. The highest BCUT2D eigenvalue weighted by molar-refractivity contribution is 7.09. The highest BCUT2D eigenvalue weighted by atomic mass is 32.1. The maximum Gasteiger partial charge on any atom is 0.253 e. The van der Waals surface area contributed by atoms with E-state index < -0.39 is 0 Å². The molecule has 0 atom stereocenters. The molecule has 0 spiro atoms. The Morgan fingerprint density at radius 2 is 1.74 bits per heavy atom. The van der Waals surface area contributed by atoms with Crippen molar-refractivity contribution in [1.82, 2.24) is 14.3 Å². The van der Waals surface area contributed by atoms with Gasteiger partial charge in [0, 0.05) is 42.3 Å². The van der Waals surface area contributed by atoms with E-state index in [1.54, 1.807) is 0 Å². The molecule has 138 valence electrons. The zero-order chi connectivity index (χ0) is 18.5. The molecule has 0 bridgehead atoms. The van der Waals surface area contributed by atoms with Crippen LogP contribution in [0.1, 0.15) is 35.2 Å². The van der Waals surface area contributed by atoms with Gasteiger partial charge in [0.05, 0.1) is 0 Å². The van der Waals surface area contributed by atoms with Gasteiger partial charge in [-0.3, -0.25) is 4.79 Å². The van der Waals surface area contributed by atoms with Crippen LogP contribution in [0.2, 0.25) is 0 Å². The maximum atomic E-state index is 12.5. The third kappa shape index (κ3) is 4.34. The Kier molecular flexibility index (Phi) is 5.44. The van der Waals surface area contributed by atoms with Crippen LogP contribution >= 0.6 is 11.5 Å². The first-order chi connectivity index (χ1) is 13.3. The summed E-state index contributed by atoms with van der Waals surface area (Å²) in [7, 11) is 0. The van der Waals surface area contributed by atoms with Crippen molar-refractivity contribution in [2.24, 2.45) is 0 Å². The largest absolute Gasteiger partial charge is 0.356 e. The average molecular weight is 379 g/mol. The topological polar surface area (TPSA) is 58.1 Å². The summed E-state index contributed by atoms with van der Waals surface area (Å²) in [4.78, 5) is 19.0. The summed E-state index contributed by atoms with van der Waals surface area (Å²) in [5.41, 5.74) is 2.90. The first kappa shape index (κ1) is 17.7. The lowest BCUT2D eigenvalue weighted by Gasteiger charge is -2.26. The number of anilines is 1. The van der Waals surface area contributed by atoms with Crippen molar-refractivity contribution in [1.29, 1.82) is 0 Å². The summed E-state index contributed by atoms with van der Waals surface area (Å²) < 4.78 is 4.41. The molecule has 1 aromatic heterocycles. The molecule has 2 aromatic carbocycles. The SMILES string of the molecule is O=C(c1ccc(CNc2nc(-c3ccccc3)ns2)cc1)N1CCCCC1. The summed E-state index contributed by atoms with van der Waals surface area (Å²) in [6.07, 6.45) is 3.45. The zero-order valence-corrected chi connectivity index (χ0v) is 15.9. The van der Waals surface area contributed by atoms with Crippen LogP contribution < -0.4 is 5.32 Å². The van der Waals surface area contributed by atoms with E-state index in [1.807, 2.05) is 59.5 Å². The number of likely N-dealkylation sites (tertiary alicyclic amines) is 1. The molecule has 0 saturated carbocycles. The third-order valence-electron chi connectivity index (χ3n) is 4.75. The van der Waals surface area contributed by atoms with Gasteiger partial charge in [-0.2, -0.15) is 9.36 Å². The summed E-state index contributed by atoms with van der Waals surface area (Å²) in [6.45, 7) is 2.41. The van der Waals surface area contributed by atoms with E-state index in [2.05, 4.69) is 14.7 Å². The molecule has 6 heteroatoms. The first-order valence-corrected chi connectivity index (χ1v) is 10.1. The number of carbonyl (C=O) groups is 1. The third-order valence-corrected chi connectivity index (χ3v) is 5.42. The summed E-state index contributed by atoms with van der Waals surface area (Å²) in [5, 5.41) is 4.11. The number of hydrogen-bond acceptors (Lipinski definition) is 5. The van der Waals surface area contributed by atoms with E-state index in [0.29, 0.717) is 6.54 Å². The Bertz CT molecular complexity index is 886. The first-order valence-electron chi connectivity index (χ1n) is 9.31. The van der Waals surface area contributed by atoms with Crippen molar-refractivity contribution in [2.45, 2.75) is 25.8 Å². The fourth-order valence-corrected chi connectivity index (χ4v) is 3.81. The predicted octanol–water partition coefficient (Wildman–Crippen LogP) is 4.44. The van der Waals surface area contributed by atoms with E-state index in [0.717, 1.165) is 53.6 Å². The van der Waals surface area contributed by atoms with Crippen molar-refractivity contribution in [2.75, 3.05) is 18.4 Å². The van der Waals surface area contributed by atoms with Gasteiger partial charge < -0.3 is 10.2 Å². The fourth-order valence-electron chi connectivity index (χ4n) is 3.22. The van der Waals surface area contributed by atoms with Crippen LogP contribution in [0.25, 0.3) is 11.4 Å². The molecule has 5 nitrogen and oxygen atoms in total. The van der Waals surface area contributed by atoms with E-state index in [4.69, 9.17) is 0 Å². The van der Waals surface area contributed by atoms with Gasteiger partial charge in [-0.05, 0) is 37.0 Å². The molecule has 2 heterocycles. The molecule has 4 rings (SSSR count). The number of amides is 1. The number of hydrogen-bond donors (Lipinski definition) is 1. The van der Waals surface area contributed by atoms with Crippen LogP contribution in [0, 0.1) is 0 Å². The van der Waals surface area contributed by atoms with Crippen LogP contribution in [-0.2, 0) is 6.54 Å². The average Bonchev–Trinajstić information content (AvgIpc) is 3.22. The van der Waals surface area contributed by atoms with Crippen LogP contribution in [0.4, 0.5) is 5.13 Å². The Hall–Kier alpha value is -2.73. The van der Waals surface area contributed by atoms with E-state index in [1.165, 1.54) is 18.0 Å². The fraction of sp³-hybridized carbons (Fsp3) is 0.286. The number of aromatic nitrogens is 2. The van der Waals surface area contributed by atoms with Crippen molar-refractivity contribution >= 4 is 22.6 Å². The number of carbonyl (C=O) groups excluding carboxylic acids is 1. The second-order valence-electron chi connectivity index (χ2n) is 6.69. The monoisotopic (exact) mass is 378 g/mol. The lowest BCUT2D eigenvalue weighted by atomic mass is 10.1. The van der Waals surface area contributed by atoms with E-state index in [-0.39, 0.29) is 5.91 Å². The molecule has 1 N–H and O–H groups in total. The minimum atomic E-state index is 0.144. The lowest BCUT2D eigenvalue weighted by molar-refractivity contribution is 0.0724. The van der Waals surface area contributed by atoms with Gasteiger partial charge in [-0.1, -0.05) is 42.5 Å². The van der Waals surface area contributed by atoms with Crippen molar-refractivity contribution in [3.63, 3.8) is 0 Å². The van der Waals surface area contributed by atoms with Gasteiger partial charge in [-0.15, -0.1) is 0 Å². The molecule has 0 unspecified atom stereocenters. The van der Waals surface area contributed by atoms with Gasteiger partial charge in [0.15, 0.2) is 5.82 Å². The molecular formula is C21H22N4OS. The number of nitrogens with zero attached hydrogens (tertiary/aromatic N) is 3. The Morgan fingerprint density at radius 3 is 2.48 bits per heavy atom.